The second kappa shape index (κ2) is 6.80. The van der Waals surface area contributed by atoms with Gasteiger partial charge >= 0.3 is 5.97 Å². The van der Waals surface area contributed by atoms with Crippen molar-refractivity contribution in [2.75, 3.05) is 11.9 Å². The Balaban J connectivity index is 1.66. The zero-order valence-electron chi connectivity index (χ0n) is 12.3. The van der Waals surface area contributed by atoms with Gasteiger partial charge in [-0.1, -0.05) is 34.4 Å². The normalized spacial score (nSPS) is 10.8. The number of hydrogen-bond acceptors (Lipinski definition) is 6. The first-order valence-electron chi connectivity index (χ1n) is 6.72. The standard InChI is InChI=1S/C15H10Cl2N2O4S/c1-7-4-11(19-23-7)18-12(20)6-22-15(21)14-13(17)9-3-2-8(16)5-10(9)24-14/h2-5H,6H2,1H3,(H,18,19,20). The van der Waals surface area contributed by atoms with Gasteiger partial charge in [0.2, 0.25) is 0 Å². The van der Waals surface area contributed by atoms with E-state index in [1.54, 1.807) is 31.2 Å². The predicted octanol–water partition coefficient (Wildman–Crippen LogP) is 4.30. The van der Waals surface area contributed by atoms with Crippen LogP contribution < -0.4 is 5.32 Å². The van der Waals surface area contributed by atoms with Crippen molar-refractivity contribution < 1.29 is 18.8 Å². The van der Waals surface area contributed by atoms with Gasteiger partial charge in [-0.25, -0.2) is 4.79 Å². The number of aryl methyl sites for hydroxylation is 1. The fourth-order valence-electron chi connectivity index (χ4n) is 1.97. The molecule has 1 N–H and O–H groups in total. The van der Waals surface area contributed by atoms with E-state index in [0.29, 0.717) is 16.2 Å². The number of fused-ring (bicyclic) bond motifs is 1. The summed E-state index contributed by atoms with van der Waals surface area (Å²) in [4.78, 5) is 24.1. The highest BCUT2D eigenvalue weighted by atomic mass is 35.5. The molecule has 3 aromatic rings. The molecular formula is C15H10Cl2N2O4S. The largest absolute Gasteiger partial charge is 0.451 e. The maximum Gasteiger partial charge on any atom is 0.350 e. The number of rotatable bonds is 4. The Bertz CT molecular complexity index is 935. The third-order valence-corrected chi connectivity index (χ3v) is 4.88. The van der Waals surface area contributed by atoms with E-state index in [4.69, 9.17) is 32.5 Å². The van der Waals surface area contributed by atoms with Gasteiger partial charge in [-0.15, -0.1) is 11.3 Å². The molecule has 0 fully saturated rings. The number of amides is 1. The lowest BCUT2D eigenvalue weighted by Gasteiger charge is -2.03. The topological polar surface area (TPSA) is 81.4 Å². The molecule has 24 heavy (non-hydrogen) atoms. The minimum atomic E-state index is -0.677. The lowest BCUT2D eigenvalue weighted by molar-refractivity contribution is -0.119. The van der Waals surface area contributed by atoms with Gasteiger partial charge in [-0.05, 0) is 19.1 Å². The Kier molecular flexibility index (Phi) is 4.75. The van der Waals surface area contributed by atoms with E-state index in [1.165, 1.54) is 0 Å². The summed E-state index contributed by atoms with van der Waals surface area (Å²) in [6, 6.07) is 6.67. The Morgan fingerprint density at radius 3 is 2.83 bits per heavy atom. The van der Waals surface area contributed by atoms with Crippen molar-refractivity contribution in [2.24, 2.45) is 0 Å². The maximum absolute atomic E-state index is 12.1. The third-order valence-electron chi connectivity index (χ3n) is 3.01. The van der Waals surface area contributed by atoms with Crippen LogP contribution in [0.25, 0.3) is 10.1 Å². The number of aromatic nitrogens is 1. The smallest absolute Gasteiger partial charge is 0.350 e. The van der Waals surface area contributed by atoms with E-state index in [-0.39, 0.29) is 15.7 Å². The quantitative estimate of drug-likeness (QED) is 0.678. The molecule has 9 heteroatoms. The third kappa shape index (κ3) is 3.53. The molecule has 0 bridgehead atoms. The first-order valence-corrected chi connectivity index (χ1v) is 8.29. The summed E-state index contributed by atoms with van der Waals surface area (Å²) >= 11 is 13.3. The number of anilines is 1. The van der Waals surface area contributed by atoms with E-state index < -0.39 is 18.5 Å². The zero-order valence-corrected chi connectivity index (χ0v) is 14.6. The number of benzene rings is 1. The van der Waals surface area contributed by atoms with Crippen LogP contribution in [0, 0.1) is 6.92 Å². The summed E-state index contributed by atoms with van der Waals surface area (Å²) in [5.74, 6) is -0.401. The number of thiophene rings is 1. The molecular weight excluding hydrogens is 375 g/mol. The number of hydrogen-bond donors (Lipinski definition) is 1. The first-order chi connectivity index (χ1) is 11.4. The number of esters is 1. The zero-order chi connectivity index (χ0) is 17.3. The molecule has 0 radical (unpaired) electrons. The maximum atomic E-state index is 12.1. The van der Waals surface area contributed by atoms with E-state index >= 15 is 0 Å². The van der Waals surface area contributed by atoms with Crippen LogP contribution >= 0.6 is 34.5 Å². The Morgan fingerprint density at radius 2 is 2.12 bits per heavy atom. The number of nitrogens with one attached hydrogen (secondary N) is 1. The minimum Gasteiger partial charge on any atom is -0.451 e. The van der Waals surface area contributed by atoms with Crippen LogP contribution in [-0.4, -0.2) is 23.6 Å². The number of carbonyl (C=O) groups is 2. The van der Waals surface area contributed by atoms with Crippen molar-refractivity contribution in [2.45, 2.75) is 6.92 Å². The van der Waals surface area contributed by atoms with Crippen molar-refractivity contribution in [3.8, 4) is 0 Å². The molecule has 1 aromatic carbocycles. The monoisotopic (exact) mass is 384 g/mol. The highest BCUT2D eigenvalue weighted by molar-refractivity contribution is 7.21. The average molecular weight is 385 g/mol. The van der Waals surface area contributed by atoms with Crippen LogP contribution in [-0.2, 0) is 9.53 Å². The van der Waals surface area contributed by atoms with Gasteiger partial charge in [0.25, 0.3) is 5.91 Å². The summed E-state index contributed by atoms with van der Waals surface area (Å²) in [6.07, 6.45) is 0. The summed E-state index contributed by atoms with van der Waals surface area (Å²) < 4.78 is 10.6. The minimum absolute atomic E-state index is 0.221. The van der Waals surface area contributed by atoms with Gasteiger partial charge < -0.3 is 14.6 Å². The molecule has 6 nitrogen and oxygen atoms in total. The molecule has 124 valence electrons. The average Bonchev–Trinajstić information content (AvgIpc) is 3.08. The molecule has 2 aromatic heterocycles. The van der Waals surface area contributed by atoms with E-state index in [1.807, 2.05) is 0 Å². The molecule has 1 amide bonds. The van der Waals surface area contributed by atoms with Gasteiger partial charge in [0.05, 0.1) is 5.02 Å². The Hall–Kier alpha value is -2.09. The fraction of sp³-hybridized carbons (Fsp3) is 0.133. The van der Waals surface area contributed by atoms with E-state index in [2.05, 4.69) is 10.5 Å². The summed E-state index contributed by atoms with van der Waals surface area (Å²) in [6.45, 7) is 1.23. The van der Waals surface area contributed by atoms with Crippen LogP contribution in [0.15, 0.2) is 28.8 Å². The predicted molar refractivity (Wildman–Crippen MR) is 92.0 cm³/mol. The van der Waals surface area contributed by atoms with Crippen LogP contribution in [0.4, 0.5) is 5.82 Å². The molecule has 0 aliphatic heterocycles. The van der Waals surface area contributed by atoms with E-state index in [9.17, 15) is 9.59 Å². The second-order valence-electron chi connectivity index (χ2n) is 4.83. The van der Waals surface area contributed by atoms with Gasteiger partial charge in [-0.2, -0.15) is 0 Å². The number of carbonyl (C=O) groups excluding carboxylic acids is 2. The van der Waals surface area contributed by atoms with Crippen molar-refractivity contribution >= 4 is 62.3 Å². The molecule has 0 spiro atoms. The molecule has 0 saturated carbocycles. The summed E-state index contributed by atoms with van der Waals surface area (Å²) in [7, 11) is 0. The number of nitrogens with zero attached hydrogens (tertiary/aromatic N) is 1. The van der Waals surface area contributed by atoms with Crippen LogP contribution in [0.3, 0.4) is 0 Å². The van der Waals surface area contributed by atoms with Crippen LogP contribution in [0.1, 0.15) is 15.4 Å². The van der Waals surface area contributed by atoms with Crippen molar-refractivity contribution in [1.82, 2.24) is 5.16 Å². The number of halogens is 2. The number of ether oxygens (including phenoxy) is 1. The Morgan fingerprint density at radius 1 is 1.33 bits per heavy atom. The lowest BCUT2D eigenvalue weighted by atomic mass is 10.2. The van der Waals surface area contributed by atoms with Crippen molar-refractivity contribution in [1.29, 1.82) is 0 Å². The molecule has 0 saturated heterocycles. The van der Waals surface area contributed by atoms with Crippen LogP contribution in [0.2, 0.25) is 10.0 Å². The van der Waals surface area contributed by atoms with Gasteiger partial charge in [0.15, 0.2) is 12.4 Å². The Labute approximate surface area is 150 Å². The second-order valence-corrected chi connectivity index (χ2v) is 6.70. The molecule has 0 aliphatic carbocycles. The molecule has 3 rings (SSSR count). The fourth-order valence-corrected chi connectivity index (χ4v) is 3.65. The SMILES string of the molecule is Cc1cc(NC(=O)COC(=O)c2sc3cc(Cl)ccc3c2Cl)no1. The first kappa shape index (κ1) is 16.8. The summed E-state index contributed by atoms with van der Waals surface area (Å²) in [5.41, 5.74) is 0. The van der Waals surface area contributed by atoms with E-state index in [0.717, 1.165) is 16.0 Å². The molecule has 0 atom stereocenters. The molecule has 2 heterocycles. The molecule has 0 unspecified atom stereocenters. The highest BCUT2D eigenvalue weighted by Crippen LogP contribution is 2.37. The van der Waals surface area contributed by atoms with Crippen molar-refractivity contribution in [3.63, 3.8) is 0 Å². The molecule has 0 aliphatic rings. The van der Waals surface area contributed by atoms with Crippen molar-refractivity contribution in [3.05, 3.63) is 44.9 Å². The summed E-state index contributed by atoms with van der Waals surface area (Å²) in [5, 5.41) is 7.60. The van der Waals surface area contributed by atoms with Gasteiger partial charge in [0, 0.05) is 21.2 Å². The highest BCUT2D eigenvalue weighted by Gasteiger charge is 2.20. The lowest BCUT2D eigenvalue weighted by Crippen LogP contribution is -2.20. The van der Waals surface area contributed by atoms with Gasteiger partial charge in [0.1, 0.15) is 10.6 Å². The van der Waals surface area contributed by atoms with Crippen LogP contribution in [0.5, 0.6) is 0 Å². The van der Waals surface area contributed by atoms with Gasteiger partial charge in [-0.3, -0.25) is 4.79 Å².